The summed E-state index contributed by atoms with van der Waals surface area (Å²) in [6.45, 7) is 1.25. The molecule has 0 saturated carbocycles. The Labute approximate surface area is 163 Å². The molecule has 2 N–H and O–H groups in total. The summed E-state index contributed by atoms with van der Waals surface area (Å²) in [6.07, 6.45) is -6.19. The SMILES string of the molecule is COc1cccnc1Cc1cc(F)c(F)c([C@]2(C)C[C@@H](C(F)(F)F)OC(N)=N2)c1. The lowest BCUT2D eigenvalue weighted by molar-refractivity contribution is -0.208. The second kappa shape index (κ2) is 7.49. The molecule has 1 aliphatic rings. The van der Waals surface area contributed by atoms with Gasteiger partial charge in [-0.2, -0.15) is 13.2 Å². The summed E-state index contributed by atoms with van der Waals surface area (Å²) in [4.78, 5) is 8.01. The largest absolute Gasteiger partial charge is 0.495 e. The molecule has 0 fully saturated rings. The van der Waals surface area contributed by atoms with E-state index in [1.54, 1.807) is 12.1 Å². The van der Waals surface area contributed by atoms with Crippen LogP contribution in [0.4, 0.5) is 22.0 Å². The van der Waals surface area contributed by atoms with Crippen LogP contribution in [0.5, 0.6) is 5.75 Å². The van der Waals surface area contributed by atoms with Gasteiger partial charge in [0.15, 0.2) is 17.7 Å². The number of ether oxygens (including phenoxy) is 2. The first-order valence-electron chi connectivity index (χ1n) is 8.58. The zero-order valence-corrected chi connectivity index (χ0v) is 15.6. The molecule has 0 aliphatic carbocycles. The van der Waals surface area contributed by atoms with Crippen LogP contribution in [-0.2, 0) is 16.7 Å². The minimum atomic E-state index is -4.74. The minimum Gasteiger partial charge on any atom is -0.495 e. The number of aliphatic imine (C=N–C) groups is 1. The summed E-state index contributed by atoms with van der Waals surface area (Å²) in [5.41, 5.74) is 4.05. The molecule has 0 unspecified atom stereocenters. The fraction of sp³-hybridized carbons (Fsp3) is 0.368. The smallest absolute Gasteiger partial charge is 0.425 e. The number of hydrogen-bond donors (Lipinski definition) is 1. The molecule has 10 heteroatoms. The van der Waals surface area contributed by atoms with Crippen molar-refractivity contribution in [1.29, 1.82) is 0 Å². The van der Waals surface area contributed by atoms with Gasteiger partial charge in [-0.3, -0.25) is 4.98 Å². The van der Waals surface area contributed by atoms with Crippen LogP contribution in [0.25, 0.3) is 0 Å². The molecule has 29 heavy (non-hydrogen) atoms. The molecule has 0 amide bonds. The molecule has 1 aliphatic heterocycles. The van der Waals surface area contributed by atoms with Crippen molar-refractivity contribution in [2.75, 3.05) is 7.11 Å². The third-order valence-electron chi connectivity index (χ3n) is 4.68. The lowest BCUT2D eigenvalue weighted by atomic mass is 9.84. The maximum absolute atomic E-state index is 14.6. The van der Waals surface area contributed by atoms with Crippen LogP contribution >= 0.6 is 0 Å². The zero-order chi connectivity index (χ0) is 21.4. The molecular formula is C19H18F5N3O2. The molecule has 0 radical (unpaired) electrons. The number of pyridine rings is 1. The van der Waals surface area contributed by atoms with E-state index in [4.69, 9.17) is 10.5 Å². The Morgan fingerprint density at radius 2 is 2.03 bits per heavy atom. The number of nitrogens with two attached hydrogens (primary N) is 1. The Balaban J connectivity index is 2.04. The average Bonchev–Trinajstić information content (AvgIpc) is 2.63. The number of rotatable bonds is 4. The Morgan fingerprint density at radius 3 is 2.69 bits per heavy atom. The quantitative estimate of drug-likeness (QED) is 0.771. The normalized spacial score (nSPS) is 22.0. The second-order valence-electron chi connectivity index (χ2n) is 6.84. The molecule has 1 aromatic carbocycles. The predicted molar refractivity (Wildman–Crippen MR) is 94.5 cm³/mol. The van der Waals surface area contributed by atoms with Crippen molar-refractivity contribution in [3.8, 4) is 5.75 Å². The molecule has 0 saturated heterocycles. The third kappa shape index (κ3) is 4.25. The van der Waals surface area contributed by atoms with Gasteiger partial charge in [-0.1, -0.05) is 0 Å². The van der Waals surface area contributed by atoms with Crippen molar-refractivity contribution in [3.05, 3.63) is 58.9 Å². The van der Waals surface area contributed by atoms with E-state index >= 15 is 0 Å². The highest BCUT2D eigenvalue weighted by Gasteiger charge is 2.50. The summed E-state index contributed by atoms with van der Waals surface area (Å²) in [5.74, 6) is -2.06. The van der Waals surface area contributed by atoms with Crippen LogP contribution in [0.1, 0.15) is 30.2 Å². The lowest BCUT2D eigenvalue weighted by Gasteiger charge is -2.36. The monoisotopic (exact) mass is 415 g/mol. The van der Waals surface area contributed by atoms with Gasteiger partial charge in [0.2, 0.25) is 0 Å². The first-order valence-corrected chi connectivity index (χ1v) is 8.58. The van der Waals surface area contributed by atoms with Crippen LogP contribution in [0.2, 0.25) is 0 Å². The summed E-state index contributed by atoms with van der Waals surface area (Å²) < 4.78 is 78.2. The average molecular weight is 415 g/mol. The van der Waals surface area contributed by atoms with Gasteiger partial charge >= 0.3 is 6.18 Å². The number of methoxy groups -OCH3 is 1. The molecule has 5 nitrogen and oxygen atoms in total. The van der Waals surface area contributed by atoms with Gasteiger partial charge in [0.05, 0.1) is 18.3 Å². The Kier molecular flexibility index (Phi) is 5.38. The number of halogens is 5. The first kappa shape index (κ1) is 20.8. The molecular weight excluding hydrogens is 397 g/mol. The minimum absolute atomic E-state index is 0.0721. The summed E-state index contributed by atoms with van der Waals surface area (Å²) in [6, 6.07) is 4.79. The fourth-order valence-corrected chi connectivity index (χ4v) is 3.29. The van der Waals surface area contributed by atoms with E-state index in [1.165, 1.54) is 26.3 Å². The maximum Gasteiger partial charge on any atom is 0.425 e. The Bertz CT molecular complexity index is 948. The van der Waals surface area contributed by atoms with E-state index < -0.39 is 41.9 Å². The summed E-state index contributed by atoms with van der Waals surface area (Å²) >= 11 is 0. The maximum atomic E-state index is 14.6. The van der Waals surface area contributed by atoms with E-state index in [-0.39, 0.29) is 12.0 Å². The lowest BCUT2D eigenvalue weighted by Crippen LogP contribution is -2.46. The van der Waals surface area contributed by atoms with Crippen LogP contribution in [0.3, 0.4) is 0 Å². The van der Waals surface area contributed by atoms with E-state index in [0.29, 0.717) is 17.0 Å². The number of amidine groups is 1. The molecule has 1 aromatic heterocycles. The number of alkyl halides is 3. The highest BCUT2D eigenvalue weighted by Crippen LogP contribution is 2.41. The van der Waals surface area contributed by atoms with Gasteiger partial charge in [0.1, 0.15) is 5.75 Å². The molecule has 2 atom stereocenters. The van der Waals surface area contributed by atoms with Gasteiger partial charge in [0, 0.05) is 24.6 Å². The van der Waals surface area contributed by atoms with Crippen LogP contribution in [0, 0.1) is 11.6 Å². The van der Waals surface area contributed by atoms with E-state index in [0.717, 1.165) is 6.07 Å². The molecule has 2 aromatic rings. The molecule has 0 spiro atoms. The highest BCUT2D eigenvalue weighted by molar-refractivity contribution is 5.73. The number of benzene rings is 1. The summed E-state index contributed by atoms with van der Waals surface area (Å²) in [7, 11) is 1.44. The Morgan fingerprint density at radius 1 is 1.31 bits per heavy atom. The van der Waals surface area contributed by atoms with E-state index in [2.05, 4.69) is 14.7 Å². The molecule has 3 rings (SSSR count). The van der Waals surface area contributed by atoms with Gasteiger partial charge in [-0.15, -0.1) is 0 Å². The van der Waals surface area contributed by atoms with Crippen molar-refractivity contribution >= 4 is 6.02 Å². The predicted octanol–water partition coefficient (Wildman–Crippen LogP) is 3.84. The third-order valence-corrected chi connectivity index (χ3v) is 4.68. The van der Waals surface area contributed by atoms with Crippen LogP contribution in [-0.4, -0.2) is 30.4 Å². The van der Waals surface area contributed by atoms with Crippen molar-refractivity contribution in [1.82, 2.24) is 4.98 Å². The van der Waals surface area contributed by atoms with Gasteiger partial charge in [0.25, 0.3) is 6.02 Å². The number of hydrogen-bond acceptors (Lipinski definition) is 5. The molecule has 0 bridgehead atoms. The van der Waals surface area contributed by atoms with Crippen molar-refractivity contribution < 1.29 is 31.4 Å². The standard InChI is InChI=1S/C19H18F5N3O2/c1-18(9-15(19(22,23)24)29-17(25)27-18)11-6-10(7-12(20)16(11)21)8-13-14(28-2)4-3-5-26-13/h3-7,15H,8-9H2,1-2H3,(H2,25,27)/t15-,18-/m0/s1. The van der Waals surface area contributed by atoms with Crippen LogP contribution in [0.15, 0.2) is 35.5 Å². The van der Waals surface area contributed by atoms with Crippen molar-refractivity contribution in [2.45, 2.75) is 37.6 Å². The van der Waals surface area contributed by atoms with Crippen LogP contribution < -0.4 is 10.5 Å². The fourth-order valence-electron chi connectivity index (χ4n) is 3.29. The van der Waals surface area contributed by atoms with E-state index in [9.17, 15) is 22.0 Å². The van der Waals surface area contributed by atoms with Gasteiger partial charge in [-0.25, -0.2) is 13.8 Å². The number of nitrogens with zero attached hydrogens (tertiary/aromatic N) is 2. The van der Waals surface area contributed by atoms with Crippen molar-refractivity contribution in [3.63, 3.8) is 0 Å². The number of aromatic nitrogens is 1. The zero-order valence-electron chi connectivity index (χ0n) is 15.6. The Hall–Kier alpha value is -2.91. The summed E-state index contributed by atoms with van der Waals surface area (Å²) in [5, 5.41) is 0. The van der Waals surface area contributed by atoms with Crippen molar-refractivity contribution in [2.24, 2.45) is 10.7 Å². The first-order chi connectivity index (χ1) is 13.5. The van der Waals surface area contributed by atoms with Gasteiger partial charge < -0.3 is 15.2 Å². The second-order valence-corrected chi connectivity index (χ2v) is 6.84. The molecule has 156 valence electrons. The van der Waals surface area contributed by atoms with Gasteiger partial charge in [-0.05, 0) is 36.8 Å². The highest BCUT2D eigenvalue weighted by atomic mass is 19.4. The topological polar surface area (TPSA) is 69.7 Å². The van der Waals surface area contributed by atoms with E-state index in [1.807, 2.05) is 0 Å². The molecule has 2 heterocycles.